The minimum absolute atomic E-state index is 0.310. The highest BCUT2D eigenvalue weighted by Crippen LogP contribution is 2.34. The Morgan fingerprint density at radius 1 is 1.21 bits per heavy atom. The number of hydroxylamine groups is 1. The number of nitrogens with zero attached hydrogens (tertiary/aromatic N) is 2. The highest BCUT2D eigenvalue weighted by Gasteiger charge is 2.20. The number of hydrogen-bond donors (Lipinski definition) is 2. The van der Waals surface area contributed by atoms with Crippen molar-refractivity contribution in [2.75, 3.05) is 25.7 Å². The van der Waals surface area contributed by atoms with Crippen molar-refractivity contribution >= 4 is 11.7 Å². The van der Waals surface area contributed by atoms with Crippen LogP contribution in [0.5, 0.6) is 11.5 Å². The molecule has 0 radical (unpaired) electrons. The van der Waals surface area contributed by atoms with Crippen molar-refractivity contribution in [1.82, 2.24) is 10.5 Å². The highest BCUT2D eigenvalue weighted by atomic mass is 16.5. The molecule has 0 bridgehead atoms. The van der Waals surface area contributed by atoms with E-state index in [1.54, 1.807) is 31.8 Å². The second-order valence-electron chi connectivity index (χ2n) is 5.49. The summed E-state index contributed by atoms with van der Waals surface area (Å²) >= 11 is 0. The van der Waals surface area contributed by atoms with Crippen LogP contribution in [0, 0.1) is 0 Å². The van der Waals surface area contributed by atoms with Gasteiger partial charge in [-0.3, -0.25) is 10.0 Å². The molecule has 1 aromatic carbocycles. The Bertz CT molecular complexity index is 746. The maximum absolute atomic E-state index is 11.4. The van der Waals surface area contributed by atoms with E-state index in [9.17, 15) is 4.79 Å². The molecule has 2 heterocycles. The standard InChI is InChI=1S/C17H19N3O4/c1-23-14-7-11-5-6-20(10-13(11)8-15(14)24-2)16-4-3-12(9-18-16)17(21)19-22/h3-4,7-9,22H,5-6,10H2,1-2H3,(H,19,21). The summed E-state index contributed by atoms with van der Waals surface area (Å²) in [4.78, 5) is 17.8. The van der Waals surface area contributed by atoms with Crippen LogP contribution in [0.2, 0.25) is 0 Å². The predicted molar refractivity (Wildman–Crippen MR) is 87.8 cm³/mol. The molecule has 0 saturated carbocycles. The summed E-state index contributed by atoms with van der Waals surface area (Å²) in [5.41, 5.74) is 4.31. The number of hydrogen-bond acceptors (Lipinski definition) is 6. The van der Waals surface area contributed by atoms with Crippen molar-refractivity contribution in [3.8, 4) is 11.5 Å². The number of carbonyl (C=O) groups is 1. The number of rotatable bonds is 4. The van der Waals surface area contributed by atoms with Gasteiger partial charge in [0.2, 0.25) is 0 Å². The molecule has 2 aromatic rings. The van der Waals surface area contributed by atoms with Crippen LogP contribution in [0.1, 0.15) is 21.5 Å². The van der Waals surface area contributed by atoms with E-state index in [0.717, 1.165) is 30.1 Å². The van der Waals surface area contributed by atoms with Crippen LogP contribution in [-0.2, 0) is 13.0 Å². The Labute approximate surface area is 139 Å². The molecule has 1 amide bonds. The molecule has 1 aliphatic rings. The second-order valence-corrected chi connectivity index (χ2v) is 5.49. The van der Waals surface area contributed by atoms with Gasteiger partial charge in [0.25, 0.3) is 5.91 Å². The minimum atomic E-state index is -0.574. The molecule has 7 nitrogen and oxygen atoms in total. The summed E-state index contributed by atoms with van der Waals surface area (Å²) < 4.78 is 10.7. The van der Waals surface area contributed by atoms with Crippen molar-refractivity contribution in [1.29, 1.82) is 0 Å². The molecule has 3 rings (SSSR count). The topological polar surface area (TPSA) is 83.9 Å². The highest BCUT2D eigenvalue weighted by molar-refractivity contribution is 5.93. The lowest BCUT2D eigenvalue weighted by Gasteiger charge is -2.30. The lowest BCUT2D eigenvalue weighted by Crippen LogP contribution is -2.31. The van der Waals surface area contributed by atoms with E-state index in [4.69, 9.17) is 14.7 Å². The van der Waals surface area contributed by atoms with Crippen LogP contribution < -0.4 is 19.9 Å². The number of pyridine rings is 1. The van der Waals surface area contributed by atoms with Gasteiger partial charge in [0.1, 0.15) is 5.82 Å². The first-order valence-electron chi connectivity index (χ1n) is 7.55. The first kappa shape index (κ1) is 16.1. The van der Waals surface area contributed by atoms with E-state index in [-0.39, 0.29) is 0 Å². The summed E-state index contributed by atoms with van der Waals surface area (Å²) in [6, 6.07) is 7.43. The van der Waals surface area contributed by atoms with Gasteiger partial charge < -0.3 is 14.4 Å². The number of fused-ring (bicyclic) bond motifs is 1. The van der Waals surface area contributed by atoms with Crippen LogP contribution in [0.15, 0.2) is 30.5 Å². The van der Waals surface area contributed by atoms with E-state index in [1.165, 1.54) is 11.8 Å². The van der Waals surface area contributed by atoms with Gasteiger partial charge in [0.15, 0.2) is 11.5 Å². The molecule has 0 spiro atoms. The molecule has 0 saturated heterocycles. The van der Waals surface area contributed by atoms with Gasteiger partial charge in [-0.05, 0) is 41.8 Å². The molecule has 126 valence electrons. The van der Waals surface area contributed by atoms with Crippen molar-refractivity contribution in [2.24, 2.45) is 0 Å². The van der Waals surface area contributed by atoms with Crippen LogP contribution in [0.25, 0.3) is 0 Å². The van der Waals surface area contributed by atoms with Gasteiger partial charge in [-0.2, -0.15) is 0 Å². The number of benzene rings is 1. The summed E-state index contributed by atoms with van der Waals surface area (Å²) in [5.74, 6) is 1.66. The van der Waals surface area contributed by atoms with Gasteiger partial charge in [0, 0.05) is 19.3 Å². The molecule has 2 N–H and O–H groups in total. The van der Waals surface area contributed by atoms with Crippen LogP contribution in [0.4, 0.5) is 5.82 Å². The molecule has 0 aliphatic carbocycles. The zero-order valence-corrected chi connectivity index (χ0v) is 13.6. The number of nitrogens with one attached hydrogen (secondary N) is 1. The number of aromatic nitrogens is 1. The number of carbonyl (C=O) groups excluding carboxylic acids is 1. The predicted octanol–water partition coefficient (Wildman–Crippen LogP) is 1.78. The molecule has 1 aromatic heterocycles. The van der Waals surface area contributed by atoms with E-state index in [0.29, 0.717) is 17.9 Å². The normalized spacial score (nSPS) is 13.2. The molecule has 0 atom stereocenters. The lowest BCUT2D eigenvalue weighted by molar-refractivity contribution is 0.0706. The van der Waals surface area contributed by atoms with Crippen molar-refractivity contribution in [2.45, 2.75) is 13.0 Å². The summed E-state index contributed by atoms with van der Waals surface area (Å²) in [5, 5.41) is 8.65. The fourth-order valence-corrected chi connectivity index (χ4v) is 2.85. The molecule has 7 heteroatoms. The van der Waals surface area contributed by atoms with Gasteiger partial charge in [-0.25, -0.2) is 10.5 Å². The maximum Gasteiger partial charge on any atom is 0.276 e. The second kappa shape index (κ2) is 6.76. The molecule has 24 heavy (non-hydrogen) atoms. The number of methoxy groups -OCH3 is 2. The third-order valence-corrected chi connectivity index (χ3v) is 4.15. The van der Waals surface area contributed by atoms with E-state index >= 15 is 0 Å². The van der Waals surface area contributed by atoms with Crippen molar-refractivity contribution in [3.63, 3.8) is 0 Å². The average molecular weight is 329 g/mol. The Hall–Kier alpha value is -2.80. The quantitative estimate of drug-likeness (QED) is 0.657. The molecular formula is C17H19N3O4. The smallest absolute Gasteiger partial charge is 0.276 e. The third kappa shape index (κ3) is 2.98. The Kier molecular flexibility index (Phi) is 4.52. The average Bonchev–Trinajstić information content (AvgIpc) is 2.65. The number of amides is 1. The fraction of sp³-hybridized carbons (Fsp3) is 0.294. The van der Waals surface area contributed by atoms with Gasteiger partial charge >= 0.3 is 0 Å². The Morgan fingerprint density at radius 2 is 1.92 bits per heavy atom. The summed E-state index contributed by atoms with van der Waals surface area (Å²) in [6.07, 6.45) is 2.32. The zero-order valence-electron chi connectivity index (χ0n) is 13.6. The SMILES string of the molecule is COc1cc2c(cc1OC)CN(c1ccc(C(=O)NO)cn1)CC2. The zero-order chi connectivity index (χ0) is 17.1. The van der Waals surface area contributed by atoms with Crippen molar-refractivity contribution in [3.05, 3.63) is 47.2 Å². The van der Waals surface area contributed by atoms with Crippen LogP contribution >= 0.6 is 0 Å². The maximum atomic E-state index is 11.4. The van der Waals surface area contributed by atoms with E-state index in [1.807, 2.05) is 12.1 Å². The Balaban J connectivity index is 1.83. The molecule has 0 fully saturated rings. The minimum Gasteiger partial charge on any atom is -0.493 e. The van der Waals surface area contributed by atoms with Crippen molar-refractivity contribution < 1.29 is 19.5 Å². The van der Waals surface area contributed by atoms with Crippen LogP contribution in [0.3, 0.4) is 0 Å². The molecule has 0 unspecified atom stereocenters. The first-order valence-corrected chi connectivity index (χ1v) is 7.55. The largest absolute Gasteiger partial charge is 0.493 e. The van der Waals surface area contributed by atoms with Gasteiger partial charge in [0.05, 0.1) is 19.8 Å². The van der Waals surface area contributed by atoms with Gasteiger partial charge in [-0.15, -0.1) is 0 Å². The van der Waals surface area contributed by atoms with E-state index < -0.39 is 5.91 Å². The fourth-order valence-electron chi connectivity index (χ4n) is 2.85. The van der Waals surface area contributed by atoms with Crippen LogP contribution in [-0.4, -0.2) is 36.9 Å². The summed E-state index contributed by atoms with van der Waals surface area (Å²) in [7, 11) is 3.25. The Morgan fingerprint density at radius 3 is 2.50 bits per heavy atom. The molecule has 1 aliphatic heterocycles. The number of anilines is 1. The number of ether oxygens (including phenoxy) is 2. The summed E-state index contributed by atoms with van der Waals surface area (Å²) in [6.45, 7) is 1.52. The van der Waals surface area contributed by atoms with Gasteiger partial charge in [-0.1, -0.05) is 0 Å². The lowest BCUT2D eigenvalue weighted by atomic mass is 9.98. The monoisotopic (exact) mass is 329 g/mol. The third-order valence-electron chi connectivity index (χ3n) is 4.15. The van der Waals surface area contributed by atoms with E-state index in [2.05, 4.69) is 9.88 Å². The molecular weight excluding hydrogens is 310 g/mol. The first-order chi connectivity index (χ1) is 11.7.